The predicted molar refractivity (Wildman–Crippen MR) is 115 cm³/mol. The average Bonchev–Trinajstić information content (AvgIpc) is 2.66. The lowest BCUT2D eigenvalue weighted by Gasteiger charge is -2.62. The van der Waals surface area contributed by atoms with E-state index in [4.69, 9.17) is 4.74 Å². The Kier molecular flexibility index (Phi) is 5.89. The summed E-state index contributed by atoms with van der Waals surface area (Å²) in [5.74, 6) is 0.383. The molecule has 0 spiro atoms. The summed E-state index contributed by atoms with van der Waals surface area (Å²) in [6.45, 7) is 11.7. The summed E-state index contributed by atoms with van der Waals surface area (Å²) < 4.78 is 5.79. The van der Waals surface area contributed by atoms with Gasteiger partial charge in [0.05, 0.1) is 6.61 Å². The molecule has 0 amide bonds. The lowest BCUT2D eigenvalue weighted by atomic mass is 9.45. The van der Waals surface area contributed by atoms with E-state index in [1.165, 1.54) is 32.1 Å². The van der Waals surface area contributed by atoms with Crippen LogP contribution >= 0.6 is 0 Å². The van der Waals surface area contributed by atoms with E-state index in [-0.39, 0.29) is 23.9 Å². The molecule has 0 aromatic rings. The van der Waals surface area contributed by atoms with Gasteiger partial charge in [-0.15, -0.1) is 0 Å². The van der Waals surface area contributed by atoms with Gasteiger partial charge in [0.2, 0.25) is 0 Å². The second-order valence-corrected chi connectivity index (χ2v) is 12.3. The Morgan fingerprint density at radius 2 is 1.50 bits per heavy atom. The van der Waals surface area contributed by atoms with Crippen molar-refractivity contribution in [3.63, 3.8) is 0 Å². The van der Waals surface area contributed by atoms with Crippen molar-refractivity contribution in [2.45, 2.75) is 104 Å². The number of hydrogen-bond acceptors (Lipinski definition) is 5. The van der Waals surface area contributed by atoms with Crippen LogP contribution in [0.2, 0.25) is 0 Å². The van der Waals surface area contributed by atoms with E-state index >= 15 is 0 Å². The maximum atomic E-state index is 11.7. The minimum absolute atomic E-state index is 0.0145. The lowest BCUT2D eigenvalue weighted by Crippen LogP contribution is -2.67. The van der Waals surface area contributed by atoms with Crippen molar-refractivity contribution in [3.8, 4) is 0 Å². The standard InChI is InChI=1S/C25H44O5/c1-14-7-6-9-24(5)10-8-16-15(2)11-19(18(12-17(14)24)23(16,3)4)25(29)22(28)21(27)20(26)13-30-25/h14-22,26-29H,6-13H2,1-5H3/t14-,15-,16+,17-,18-,19?,20-,21+,22-,24+,25?/m1/s1. The van der Waals surface area contributed by atoms with Gasteiger partial charge in [0.1, 0.15) is 18.3 Å². The Bertz CT molecular complexity index is 637. The second kappa shape index (κ2) is 7.69. The minimum Gasteiger partial charge on any atom is -0.388 e. The summed E-state index contributed by atoms with van der Waals surface area (Å²) in [4.78, 5) is 0. The van der Waals surface area contributed by atoms with Crippen molar-refractivity contribution < 1.29 is 25.2 Å². The molecule has 5 nitrogen and oxygen atoms in total. The molecule has 0 radical (unpaired) electrons. The zero-order valence-corrected chi connectivity index (χ0v) is 19.6. The second-order valence-electron chi connectivity index (χ2n) is 12.3. The quantitative estimate of drug-likeness (QED) is 0.518. The van der Waals surface area contributed by atoms with E-state index in [9.17, 15) is 20.4 Å². The highest BCUT2D eigenvalue weighted by atomic mass is 16.6. The van der Waals surface area contributed by atoms with Crippen LogP contribution in [0.4, 0.5) is 0 Å². The van der Waals surface area contributed by atoms with Gasteiger partial charge in [0, 0.05) is 5.92 Å². The largest absolute Gasteiger partial charge is 0.388 e. The Morgan fingerprint density at radius 3 is 2.20 bits per heavy atom. The molecule has 30 heavy (non-hydrogen) atoms. The highest BCUT2D eigenvalue weighted by Gasteiger charge is 2.62. The highest BCUT2D eigenvalue weighted by Crippen LogP contribution is 2.63. The summed E-state index contributed by atoms with van der Waals surface area (Å²) in [7, 11) is 0. The van der Waals surface area contributed by atoms with Crippen LogP contribution < -0.4 is 0 Å². The first-order valence-corrected chi connectivity index (χ1v) is 12.3. The first kappa shape index (κ1) is 23.0. The zero-order valence-electron chi connectivity index (χ0n) is 19.6. The van der Waals surface area contributed by atoms with E-state index in [0.717, 1.165) is 12.8 Å². The number of hydrogen-bond donors (Lipinski definition) is 4. The molecule has 5 heteroatoms. The van der Waals surface area contributed by atoms with Gasteiger partial charge in [-0.3, -0.25) is 0 Å². The van der Waals surface area contributed by atoms with E-state index in [2.05, 4.69) is 34.6 Å². The van der Waals surface area contributed by atoms with Crippen LogP contribution in [0.5, 0.6) is 0 Å². The van der Waals surface area contributed by atoms with Crippen molar-refractivity contribution in [3.05, 3.63) is 0 Å². The number of aliphatic hydroxyl groups is 4. The number of rotatable bonds is 1. The Morgan fingerprint density at radius 1 is 0.800 bits per heavy atom. The molecule has 4 rings (SSSR count). The summed E-state index contributed by atoms with van der Waals surface area (Å²) in [6.07, 6.45) is 4.15. The van der Waals surface area contributed by atoms with Crippen molar-refractivity contribution in [1.82, 2.24) is 0 Å². The van der Waals surface area contributed by atoms with Crippen molar-refractivity contribution >= 4 is 0 Å². The third-order valence-electron chi connectivity index (χ3n) is 10.4. The smallest absolute Gasteiger partial charge is 0.197 e. The first-order valence-electron chi connectivity index (χ1n) is 12.3. The fraction of sp³-hybridized carbons (Fsp3) is 1.00. The van der Waals surface area contributed by atoms with Crippen LogP contribution in [-0.2, 0) is 4.74 Å². The SMILES string of the molecule is C[C@@H]1CCC[C@@]2(C)CC[C@H]3[C@H](C)CC(C4(O)OC[C@@H](O)[C@H](O)[C@H]4O)[C@@H](C[C@H]12)C3(C)C. The number of aliphatic hydroxyl groups excluding tert-OH is 3. The maximum absolute atomic E-state index is 11.7. The molecular formula is C25H44O5. The van der Waals surface area contributed by atoms with Gasteiger partial charge in [0.15, 0.2) is 5.79 Å². The molecule has 3 saturated carbocycles. The topological polar surface area (TPSA) is 90.2 Å². The van der Waals surface area contributed by atoms with E-state index in [0.29, 0.717) is 29.1 Å². The zero-order chi connectivity index (χ0) is 22.1. The molecule has 3 aliphatic carbocycles. The molecule has 4 fully saturated rings. The van der Waals surface area contributed by atoms with Crippen LogP contribution in [0, 0.1) is 46.3 Å². The summed E-state index contributed by atoms with van der Waals surface area (Å²) in [6, 6.07) is 0. The van der Waals surface area contributed by atoms with Crippen molar-refractivity contribution in [2.75, 3.05) is 6.61 Å². The molecule has 2 bridgehead atoms. The average molecular weight is 425 g/mol. The van der Waals surface area contributed by atoms with E-state index in [1.807, 2.05) is 0 Å². The van der Waals surface area contributed by atoms with Crippen LogP contribution in [-0.4, -0.2) is 51.1 Å². The van der Waals surface area contributed by atoms with Gasteiger partial charge >= 0.3 is 0 Å². The van der Waals surface area contributed by atoms with Crippen molar-refractivity contribution in [2.24, 2.45) is 46.3 Å². The van der Waals surface area contributed by atoms with Gasteiger partial charge in [-0.05, 0) is 72.5 Å². The van der Waals surface area contributed by atoms with E-state index < -0.39 is 24.1 Å². The Labute approximate surface area is 182 Å². The number of fused-ring (bicyclic) bond motifs is 3. The van der Waals surface area contributed by atoms with Crippen LogP contribution in [0.25, 0.3) is 0 Å². The van der Waals surface area contributed by atoms with Gasteiger partial charge in [-0.25, -0.2) is 0 Å². The molecule has 11 atom stereocenters. The van der Waals surface area contributed by atoms with Gasteiger partial charge in [-0.1, -0.05) is 47.5 Å². The first-order chi connectivity index (χ1) is 13.9. The normalized spacial score (nSPS) is 56.5. The molecule has 1 heterocycles. The Hall–Kier alpha value is -0.200. The fourth-order valence-electron chi connectivity index (χ4n) is 8.51. The molecule has 0 aromatic heterocycles. The molecule has 4 aliphatic rings. The number of ether oxygens (including phenoxy) is 1. The summed E-state index contributed by atoms with van der Waals surface area (Å²) in [5.41, 5.74) is 0.358. The van der Waals surface area contributed by atoms with Gasteiger partial charge in [-0.2, -0.15) is 0 Å². The molecule has 1 aliphatic heterocycles. The van der Waals surface area contributed by atoms with Gasteiger partial charge in [0.25, 0.3) is 0 Å². The molecule has 174 valence electrons. The van der Waals surface area contributed by atoms with Crippen LogP contribution in [0.3, 0.4) is 0 Å². The van der Waals surface area contributed by atoms with E-state index in [1.54, 1.807) is 0 Å². The molecule has 0 aromatic carbocycles. The molecule has 4 N–H and O–H groups in total. The highest BCUT2D eigenvalue weighted by molar-refractivity contribution is 5.08. The van der Waals surface area contributed by atoms with Crippen LogP contribution in [0.15, 0.2) is 0 Å². The maximum Gasteiger partial charge on any atom is 0.197 e. The molecule has 2 unspecified atom stereocenters. The summed E-state index contributed by atoms with van der Waals surface area (Å²) >= 11 is 0. The third kappa shape index (κ3) is 3.39. The minimum atomic E-state index is -1.81. The molecular weight excluding hydrogens is 380 g/mol. The lowest BCUT2D eigenvalue weighted by molar-refractivity contribution is -0.360. The van der Waals surface area contributed by atoms with Gasteiger partial charge < -0.3 is 25.2 Å². The Balaban J connectivity index is 1.74. The monoisotopic (exact) mass is 424 g/mol. The third-order valence-corrected chi connectivity index (χ3v) is 10.4. The predicted octanol–water partition coefficient (Wildman–Crippen LogP) is 3.33. The fourth-order valence-corrected chi connectivity index (χ4v) is 8.51. The molecule has 1 saturated heterocycles. The summed E-state index contributed by atoms with van der Waals surface area (Å²) in [5, 5.41) is 42.8. The van der Waals surface area contributed by atoms with Crippen molar-refractivity contribution in [1.29, 1.82) is 0 Å². The van der Waals surface area contributed by atoms with Crippen LogP contribution in [0.1, 0.15) is 79.6 Å².